The number of fused-ring (bicyclic) bond motifs is 1. The predicted molar refractivity (Wildman–Crippen MR) is 140 cm³/mol. The number of allylic oxidation sites excluding steroid dienone is 2. The van der Waals surface area contributed by atoms with Gasteiger partial charge in [0.1, 0.15) is 15.5 Å². The first-order valence-corrected chi connectivity index (χ1v) is 13.1. The number of methoxy groups -OCH3 is 4. The van der Waals surface area contributed by atoms with Gasteiger partial charge in [-0.15, -0.1) is 0 Å². The van der Waals surface area contributed by atoms with E-state index in [2.05, 4.69) is 0 Å². The lowest BCUT2D eigenvalue weighted by Crippen LogP contribution is -2.58. The molecule has 2 heterocycles. The second kappa shape index (κ2) is 11.1. The Labute approximate surface area is 225 Å². The zero-order valence-electron chi connectivity index (χ0n) is 22.3. The topological polar surface area (TPSA) is 112 Å². The van der Waals surface area contributed by atoms with Gasteiger partial charge in [0.2, 0.25) is 0 Å². The summed E-state index contributed by atoms with van der Waals surface area (Å²) < 4.78 is 20.0. The summed E-state index contributed by atoms with van der Waals surface area (Å²) in [5.74, 6) is -2.70. The highest BCUT2D eigenvalue weighted by molar-refractivity contribution is 8.08. The molecule has 0 N–H and O–H groups in total. The zero-order valence-corrected chi connectivity index (χ0v) is 23.9. The molecule has 3 aliphatic rings. The lowest BCUT2D eigenvalue weighted by molar-refractivity contribution is -0.140. The fourth-order valence-corrected chi connectivity index (χ4v) is 7.78. The molecule has 3 rings (SSSR count). The maximum atomic E-state index is 13.4. The van der Waals surface area contributed by atoms with Crippen LogP contribution in [0.25, 0.3) is 0 Å². The summed E-state index contributed by atoms with van der Waals surface area (Å²) in [6, 6.07) is 0. The van der Waals surface area contributed by atoms with Crippen molar-refractivity contribution < 1.29 is 38.1 Å². The molecule has 0 saturated carbocycles. The van der Waals surface area contributed by atoms with Crippen molar-refractivity contribution in [3.8, 4) is 0 Å². The molecule has 1 fully saturated rings. The molecule has 1 spiro atoms. The third-order valence-electron chi connectivity index (χ3n) is 6.51. The SMILES string of the molecule is COC(=O)/C=C(/SC1=CC(C)(C)CC2=C1C1(C(C(=O)OC)=C(C(=O)OC)S2)N(C)CCN1C)C(=O)OC. The highest BCUT2D eigenvalue weighted by Crippen LogP contribution is 2.59. The summed E-state index contributed by atoms with van der Waals surface area (Å²) >= 11 is 2.24. The van der Waals surface area contributed by atoms with Crippen molar-refractivity contribution in [3.63, 3.8) is 0 Å². The molecule has 202 valence electrons. The lowest BCUT2D eigenvalue weighted by atomic mass is 9.77. The van der Waals surface area contributed by atoms with Crippen LogP contribution in [0.15, 0.2) is 42.9 Å². The van der Waals surface area contributed by atoms with Crippen molar-refractivity contribution in [1.82, 2.24) is 9.80 Å². The number of hydrogen-bond acceptors (Lipinski definition) is 12. The number of rotatable bonds is 6. The van der Waals surface area contributed by atoms with Gasteiger partial charge in [-0.1, -0.05) is 43.4 Å². The Morgan fingerprint density at radius 1 is 0.946 bits per heavy atom. The van der Waals surface area contributed by atoms with E-state index in [0.29, 0.717) is 24.4 Å². The zero-order chi connectivity index (χ0) is 27.7. The minimum atomic E-state index is -1.18. The number of esters is 4. The third-order valence-corrected chi connectivity index (χ3v) is 8.72. The monoisotopic (exact) mass is 552 g/mol. The molecule has 0 unspecified atom stereocenters. The number of ether oxygens (including phenoxy) is 4. The molecule has 0 aromatic rings. The second-order valence-corrected chi connectivity index (χ2v) is 11.6. The average molecular weight is 553 g/mol. The third kappa shape index (κ3) is 5.12. The Kier molecular flexibility index (Phi) is 8.68. The molecule has 10 nitrogen and oxygen atoms in total. The molecule has 0 aromatic carbocycles. The summed E-state index contributed by atoms with van der Waals surface area (Å²) in [6.45, 7) is 5.25. The minimum Gasteiger partial charge on any atom is -0.466 e. The molecule has 1 saturated heterocycles. The quantitative estimate of drug-likeness (QED) is 0.274. The van der Waals surface area contributed by atoms with Gasteiger partial charge in [0.05, 0.1) is 34.0 Å². The first-order chi connectivity index (χ1) is 17.4. The van der Waals surface area contributed by atoms with Crippen molar-refractivity contribution in [2.45, 2.75) is 25.9 Å². The van der Waals surface area contributed by atoms with Gasteiger partial charge in [0, 0.05) is 29.6 Å². The molecule has 0 aromatic heterocycles. The highest BCUT2D eigenvalue weighted by atomic mass is 32.2. The van der Waals surface area contributed by atoms with Gasteiger partial charge in [-0.2, -0.15) is 0 Å². The van der Waals surface area contributed by atoms with Crippen LogP contribution in [0.5, 0.6) is 0 Å². The van der Waals surface area contributed by atoms with E-state index in [-0.39, 0.29) is 20.8 Å². The van der Waals surface area contributed by atoms with Crippen LogP contribution in [-0.2, 0) is 38.1 Å². The molecule has 0 atom stereocenters. The summed E-state index contributed by atoms with van der Waals surface area (Å²) in [7, 11) is 8.74. The molecule has 37 heavy (non-hydrogen) atoms. The van der Waals surface area contributed by atoms with Gasteiger partial charge in [-0.05, 0) is 30.8 Å². The summed E-state index contributed by atoms with van der Waals surface area (Å²) in [5.41, 5.74) is -0.659. The number of thioether (sulfide) groups is 2. The van der Waals surface area contributed by atoms with E-state index in [0.717, 1.165) is 28.3 Å². The predicted octanol–water partition coefficient (Wildman–Crippen LogP) is 2.44. The summed E-state index contributed by atoms with van der Waals surface area (Å²) in [4.78, 5) is 56.8. The smallest absolute Gasteiger partial charge is 0.345 e. The van der Waals surface area contributed by atoms with Crippen molar-refractivity contribution in [2.75, 3.05) is 55.6 Å². The number of hydrogen-bond donors (Lipinski definition) is 0. The molecule has 2 aliphatic heterocycles. The van der Waals surface area contributed by atoms with Crippen LogP contribution in [0.4, 0.5) is 0 Å². The summed E-state index contributed by atoms with van der Waals surface area (Å²) in [5, 5.41) is 0. The molecule has 12 heteroatoms. The lowest BCUT2D eigenvalue weighted by Gasteiger charge is -2.50. The number of carbonyl (C=O) groups excluding carboxylic acids is 4. The normalized spacial score (nSPS) is 21.4. The van der Waals surface area contributed by atoms with Crippen LogP contribution >= 0.6 is 23.5 Å². The van der Waals surface area contributed by atoms with Crippen LogP contribution in [0.2, 0.25) is 0 Å². The van der Waals surface area contributed by atoms with E-state index in [4.69, 9.17) is 18.9 Å². The summed E-state index contributed by atoms with van der Waals surface area (Å²) in [6.07, 6.45) is 3.68. The fourth-order valence-electron chi connectivity index (χ4n) is 4.88. The molecular formula is C25H32N2O8S2. The Hall–Kier alpha value is -2.54. The van der Waals surface area contributed by atoms with Gasteiger partial charge in [0.15, 0.2) is 0 Å². The minimum absolute atomic E-state index is 0.0240. The van der Waals surface area contributed by atoms with E-state index in [1.165, 1.54) is 40.2 Å². The first kappa shape index (κ1) is 29.0. The Morgan fingerprint density at radius 3 is 2.05 bits per heavy atom. The van der Waals surface area contributed by atoms with Gasteiger partial charge in [-0.25, -0.2) is 19.2 Å². The van der Waals surface area contributed by atoms with Crippen LogP contribution in [0, 0.1) is 5.41 Å². The van der Waals surface area contributed by atoms with Crippen molar-refractivity contribution >= 4 is 47.4 Å². The molecule has 0 radical (unpaired) electrons. The highest BCUT2D eigenvalue weighted by Gasteiger charge is 2.59. The molecule has 1 aliphatic carbocycles. The van der Waals surface area contributed by atoms with Gasteiger partial charge >= 0.3 is 23.9 Å². The number of nitrogens with zero attached hydrogens (tertiary/aromatic N) is 2. The largest absolute Gasteiger partial charge is 0.466 e. The van der Waals surface area contributed by atoms with Gasteiger partial charge in [0.25, 0.3) is 0 Å². The Bertz CT molecular complexity index is 1140. The van der Waals surface area contributed by atoms with Crippen LogP contribution < -0.4 is 0 Å². The van der Waals surface area contributed by atoms with Crippen molar-refractivity contribution in [2.24, 2.45) is 5.41 Å². The van der Waals surface area contributed by atoms with Crippen LogP contribution in [0.1, 0.15) is 20.3 Å². The second-order valence-electron chi connectivity index (χ2n) is 9.40. The number of carbonyl (C=O) groups is 4. The van der Waals surface area contributed by atoms with Crippen LogP contribution in [0.3, 0.4) is 0 Å². The fraction of sp³-hybridized carbons (Fsp3) is 0.520. The molecule has 0 amide bonds. The van der Waals surface area contributed by atoms with Gasteiger partial charge < -0.3 is 18.9 Å². The van der Waals surface area contributed by atoms with E-state index in [1.54, 1.807) is 0 Å². The van der Waals surface area contributed by atoms with E-state index >= 15 is 0 Å². The maximum absolute atomic E-state index is 13.4. The van der Waals surface area contributed by atoms with E-state index in [9.17, 15) is 19.2 Å². The average Bonchev–Trinajstić information content (AvgIpc) is 3.14. The standard InChI is InChI=1S/C25H32N2O8S2/c1-24(2)12-15(36-14(21(29)33-6)11-17(28)32-5)18-16(13-24)37-20(23(31)35-8)19(22(30)34-7)25(18)26(3)9-10-27(25)4/h11-12H,9-10,13H2,1-8H3/b14-11+. The maximum Gasteiger partial charge on any atom is 0.345 e. The van der Waals surface area contributed by atoms with E-state index in [1.807, 2.05) is 43.8 Å². The molecule has 0 bridgehead atoms. The number of likely N-dealkylation sites (N-methyl/N-ethyl adjacent to an activating group) is 2. The van der Waals surface area contributed by atoms with Crippen molar-refractivity contribution in [1.29, 1.82) is 0 Å². The molecular weight excluding hydrogens is 520 g/mol. The van der Waals surface area contributed by atoms with Crippen molar-refractivity contribution in [3.05, 3.63) is 42.9 Å². The van der Waals surface area contributed by atoms with Gasteiger partial charge in [-0.3, -0.25) is 9.80 Å². The Morgan fingerprint density at radius 2 is 1.54 bits per heavy atom. The van der Waals surface area contributed by atoms with Crippen LogP contribution in [-0.4, -0.2) is 95.0 Å². The Balaban J connectivity index is 2.34. The first-order valence-electron chi connectivity index (χ1n) is 11.4. The van der Waals surface area contributed by atoms with E-state index < -0.39 is 29.5 Å².